The summed E-state index contributed by atoms with van der Waals surface area (Å²) in [6, 6.07) is 10.1. The molecule has 170 valence electrons. The van der Waals surface area contributed by atoms with E-state index in [0.717, 1.165) is 41.3 Å². The minimum Gasteiger partial charge on any atom is -0.399 e. The summed E-state index contributed by atoms with van der Waals surface area (Å²) in [5.74, 6) is -0.166. The Morgan fingerprint density at radius 3 is 2.47 bits per heavy atom. The van der Waals surface area contributed by atoms with Gasteiger partial charge in [-0.1, -0.05) is 12.5 Å². The number of rotatable bonds is 5. The van der Waals surface area contributed by atoms with Crippen molar-refractivity contribution in [3.8, 4) is 0 Å². The zero-order valence-corrected chi connectivity index (χ0v) is 19.6. The number of nitrogens with one attached hydrogen (secondary N) is 1. The van der Waals surface area contributed by atoms with Crippen LogP contribution in [0.25, 0.3) is 10.9 Å². The average molecular weight is 455 g/mol. The van der Waals surface area contributed by atoms with E-state index < -0.39 is 16.1 Å². The Balaban J connectivity index is 1.64. The van der Waals surface area contributed by atoms with E-state index in [2.05, 4.69) is 5.32 Å². The zero-order chi connectivity index (χ0) is 23.0. The van der Waals surface area contributed by atoms with Gasteiger partial charge in [-0.15, -0.1) is 0 Å². The second kappa shape index (κ2) is 8.60. The van der Waals surface area contributed by atoms with Crippen LogP contribution in [0.15, 0.2) is 47.5 Å². The summed E-state index contributed by atoms with van der Waals surface area (Å²) in [5, 5.41) is 3.80. The number of sulfonamides is 1. The predicted octanol–water partition coefficient (Wildman–Crippen LogP) is 4.21. The third kappa shape index (κ3) is 4.12. The van der Waals surface area contributed by atoms with Gasteiger partial charge in [0.1, 0.15) is 6.04 Å². The molecule has 3 N–H and O–H groups in total. The molecule has 1 saturated heterocycles. The molecule has 2 aromatic carbocycles. The Morgan fingerprint density at radius 1 is 1.03 bits per heavy atom. The highest BCUT2D eigenvalue weighted by molar-refractivity contribution is 7.89. The van der Waals surface area contributed by atoms with E-state index in [1.165, 1.54) is 0 Å². The van der Waals surface area contributed by atoms with Gasteiger partial charge in [-0.05, 0) is 75.1 Å². The maximum absolute atomic E-state index is 13.1. The Labute approximate surface area is 189 Å². The molecule has 3 aromatic rings. The van der Waals surface area contributed by atoms with Crippen molar-refractivity contribution in [2.75, 3.05) is 24.1 Å². The lowest BCUT2D eigenvalue weighted by atomic mass is 10.1. The first-order chi connectivity index (χ1) is 15.2. The number of aryl methyl sites for hydroxylation is 2. The van der Waals surface area contributed by atoms with E-state index >= 15 is 0 Å². The number of hydrogen-bond donors (Lipinski definition) is 2. The fourth-order valence-electron chi connectivity index (χ4n) is 4.28. The molecule has 2 heterocycles. The van der Waals surface area contributed by atoms with Crippen LogP contribution < -0.4 is 11.1 Å². The number of anilines is 2. The van der Waals surface area contributed by atoms with Gasteiger partial charge in [-0.25, -0.2) is 8.42 Å². The molecule has 1 aromatic heterocycles. The second-order valence-electron chi connectivity index (χ2n) is 8.60. The topological polar surface area (TPSA) is 97.4 Å². The summed E-state index contributed by atoms with van der Waals surface area (Å²) < 4.78 is 29.7. The van der Waals surface area contributed by atoms with E-state index in [9.17, 15) is 13.2 Å². The minimum atomic E-state index is -3.51. The van der Waals surface area contributed by atoms with Crippen LogP contribution in [0.5, 0.6) is 0 Å². The van der Waals surface area contributed by atoms with Crippen molar-refractivity contribution in [2.45, 2.75) is 51.0 Å². The quantitative estimate of drug-likeness (QED) is 0.564. The predicted molar refractivity (Wildman–Crippen MR) is 128 cm³/mol. The third-order valence-corrected chi connectivity index (χ3v) is 8.17. The van der Waals surface area contributed by atoms with Crippen LogP contribution in [0.1, 0.15) is 43.4 Å². The summed E-state index contributed by atoms with van der Waals surface area (Å²) in [6.45, 7) is 6.82. The highest BCUT2D eigenvalue weighted by Crippen LogP contribution is 2.30. The molecule has 7 nitrogen and oxygen atoms in total. The molecule has 1 amide bonds. The number of fused-ring (bicyclic) bond motifs is 1. The number of piperidine rings is 1. The number of nitrogen functional groups attached to an aromatic ring is 1. The van der Waals surface area contributed by atoms with Crippen LogP contribution in [-0.4, -0.2) is 36.3 Å². The van der Waals surface area contributed by atoms with E-state index in [1.54, 1.807) is 34.6 Å². The number of nitrogens with zero attached hydrogens (tertiary/aromatic N) is 2. The normalized spacial score (nSPS) is 16.2. The number of carbonyl (C=O) groups is 1. The molecular weight excluding hydrogens is 424 g/mol. The van der Waals surface area contributed by atoms with Gasteiger partial charge >= 0.3 is 0 Å². The molecule has 1 fully saturated rings. The second-order valence-corrected chi connectivity index (χ2v) is 10.5. The zero-order valence-electron chi connectivity index (χ0n) is 18.8. The van der Waals surface area contributed by atoms with Crippen LogP contribution >= 0.6 is 0 Å². The van der Waals surface area contributed by atoms with Crippen molar-refractivity contribution in [2.24, 2.45) is 0 Å². The van der Waals surface area contributed by atoms with Crippen LogP contribution in [0.4, 0.5) is 11.4 Å². The Morgan fingerprint density at radius 2 is 1.75 bits per heavy atom. The van der Waals surface area contributed by atoms with Gasteiger partial charge in [0.2, 0.25) is 15.9 Å². The van der Waals surface area contributed by atoms with Crippen molar-refractivity contribution in [3.63, 3.8) is 0 Å². The molecule has 0 radical (unpaired) electrons. The largest absolute Gasteiger partial charge is 0.399 e. The van der Waals surface area contributed by atoms with Gasteiger partial charge in [0.25, 0.3) is 0 Å². The molecule has 4 rings (SSSR count). The summed E-state index contributed by atoms with van der Waals surface area (Å²) in [5.41, 5.74) is 9.82. The first-order valence-corrected chi connectivity index (χ1v) is 12.4. The monoisotopic (exact) mass is 454 g/mol. The molecule has 0 spiro atoms. The van der Waals surface area contributed by atoms with Gasteiger partial charge in [0.05, 0.1) is 4.90 Å². The molecule has 0 saturated carbocycles. The van der Waals surface area contributed by atoms with Gasteiger partial charge in [-0.2, -0.15) is 4.31 Å². The van der Waals surface area contributed by atoms with Crippen molar-refractivity contribution >= 4 is 38.2 Å². The van der Waals surface area contributed by atoms with Gasteiger partial charge in [0, 0.05) is 41.6 Å². The Bertz CT molecular complexity index is 1270. The van der Waals surface area contributed by atoms with Gasteiger partial charge in [-0.3, -0.25) is 4.79 Å². The fourth-order valence-corrected chi connectivity index (χ4v) is 5.82. The lowest BCUT2D eigenvalue weighted by Gasteiger charge is -2.26. The van der Waals surface area contributed by atoms with Gasteiger partial charge < -0.3 is 15.6 Å². The first kappa shape index (κ1) is 22.4. The summed E-state index contributed by atoms with van der Waals surface area (Å²) in [4.78, 5) is 13.3. The van der Waals surface area contributed by atoms with Crippen molar-refractivity contribution < 1.29 is 13.2 Å². The van der Waals surface area contributed by atoms with E-state index in [0.29, 0.717) is 29.4 Å². The lowest BCUT2D eigenvalue weighted by molar-refractivity contribution is -0.118. The standard InChI is InChI=1S/C24H30N4O3S/c1-16-7-8-19(25)13-22(16)26-24(29)18(3)28-15-17(2)21-14-20(9-10-23(21)28)32(30,31)27-11-5-4-6-12-27/h7-10,13-15,18H,4-6,11-12,25H2,1-3H3,(H,26,29). The molecule has 0 bridgehead atoms. The number of benzene rings is 2. The van der Waals surface area contributed by atoms with Crippen molar-refractivity contribution in [3.05, 3.63) is 53.7 Å². The molecule has 32 heavy (non-hydrogen) atoms. The number of aromatic nitrogens is 1. The number of amides is 1. The SMILES string of the molecule is Cc1ccc(N)cc1NC(=O)C(C)n1cc(C)c2cc(S(=O)(=O)N3CCCCC3)ccc21. The smallest absolute Gasteiger partial charge is 0.247 e. The van der Waals surface area contributed by atoms with Crippen LogP contribution in [-0.2, 0) is 14.8 Å². The molecule has 1 aliphatic heterocycles. The molecule has 1 aliphatic rings. The Hall–Kier alpha value is -2.84. The highest BCUT2D eigenvalue weighted by Gasteiger charge is 2.27. The molecule has 0 aliphatic carbocycles. The van der Waals surface area contributed by atoms with Crippen LogP contribution in [0.2, 0.25) is 0 Å². The van der Waals surface area contributed by atoms with Crippen LogP contribution in [0, 0.1) is 13.8 Å². The minimum absolute atomic E-state index is 0.166. The lowest BCUT2D eigenvalue weighted by Crippen LogP contribution is -2.35. The van der Waals surface area contributed by atoms with Crippen molar-refractivity contribution in [1.29, 1.82) is 0 Å². The first-order valence-electron chi connectivity index (χ1n) is 11.0. The average Bonchev–Trinajstić information content (AvgIpc) is 3.12. The molecule has 1 unspecified atom stereocenters. The summed E-state index contributed by atoms with van der Waals surface area (Å²) in [7, 11) is -3.51. The molecule has 8 heteroatoms. The third-order valence-electron chi connectivity index (χ3n) is 6.27. The number of carbonyl (C=O) groups excluding carboxylic acids is 1. The highest BCUT2D eigenvalue weighted by atomic mass is 32.2. The number of hydrogen-bond acceptors (Lipinski definition) is 4. The van der Waals surface area contributed by atoms with Crippen molar-refractivity contribution in [1.82, 2.24) is 8.87 Å². The maximum Gasteiger partial charge on any atom is 0.247 e. The maximum atomic E-state index is 13.1. The van der Waals surface area contributed by atoms with Gasteiger partial charge in [0.15, 0.2) is 0 Å². The summed E-state index contributed by atoms with van der Waals surface area (Å²) in [6.07, 6.45) is 4.77. The van der Waals surface area contributed by atoms with E-state index in [4.69, 9.17) is 5.73 Å². The Kier molecular flexibility index (Phi) is 6.01. The van der Waals surface area contributed by atoms with E-state index in [1.807, 2.05) is 37.6 Å². The molecular formula is C24H30N4O3S. The molecule has 1 atom stereocenters. The summed E-state index contributed by atoms with van der Waals surface area (Å²) >= 11 is 0. The van der Waals surface area contributed by atoms with E-state index in [-0.39, 0.29) is 5.91 Å². The van der Waals surface area contributed by atoms with Crippen LogP contribution in [0.3, 0.4) is 0 Å². The number of nitrogens with two attached hydrogens (primary N) is 1. The fraction of sp³-hybridized carbons (Fsp3) is 0.375.